The zero-order chi connectivity index (χ0) is 40.0. The van der Waals surface area contributed by atoms with Gasteiger partial charge >= 0.3 is 23.8 Å². The molecule has 1 aliphatic heterocycles. The lowest BCUT2D eigenvalue weighted by molar-refractivity contribution is -0.175. The summed E-state index contributed by atoms with van der Waals surface area (Å²) in [6, 6.07) is 2.71. The van der Waals surface area contributed by atoms with Gasteiger partial charge < -0.3 is 52.9 Å². The van der Waals surface area contributed by atoms with E-state index in [-0.39, 0.29) is 58.5 Å². The van der Waals surface area contributed by atoms with Crippen LogP contribution in [0.3, 0.4) is 0 Å². The Balaban J connectivity index is 0.000000762. The second-order valence-electron chi connectivity index (χ2n) is 12.3. The number of esters is 3. The number of nitrogens with zero attached hydrogens (tertiary/aromatic N) is 3. The summed E-state index contributed by atoms with van der Waals surface area (Å²) >= 11 is 5.55. The standard InChI is InChI=1S/C27H38N2O9.C6H8ClN7O.ClH/c1-6-7-8-10-19-24(38-21(31)13-15(2)3)17(5)37-27(35)22(16(4)36-26(19)34)29-25(33)18-11-9-12-20(23(18)32)28-14-30;7-2-4(9)13-3(8)1(12-2)5(15)14-6(10)11;/h9,11-12,14-17,19,22,24,32H,6-8,10,13H2,1-5H3,(H,28,30)(H,29,33);(H4,8,9,13)(H4,10,11,14,15);1H. The average Bonchev–Trinajstić information content (AvgIpc) is 3.08. The van der Waals surface area contributed by atoms with Gasteiger partial charge in [-0.05, 0) is 38.3 Å². The van der Waals surface area contributed by atoms with E-state index in [2.05, 4.69) is 25.6 Å². The largest absolute Gasteiger partial charge is 0.505 e. The molecule has 0 aliphatic carbocycles. The van der Waals surface area contributed by atoms with E-state index < -0.39 is 71.7 Å². The first-order chi connectivity index (χ1) is 24.9. The highest BCUT2D eigenvalue weighted by molar-refractivity contribution is 6.31. The van der Waals surface area contributed by atoms with Gasteiger partial charge in [0.2, 0.25) is 6.41 Å². The number of aromatic nitrogens is 2. The van der Waals surface area contributed by atoms with Gasteiger partial charge in [-0.25, -0.2) is 14.8 Å². The minimum Gasteiger partial charge on any atom is -0.505 e. The third-order valence-electron chi connectivity index (χ3n) is 7.57. The Bertz CT molecular complexity index is 1690. The number of phenols is 1. The lowest BCUT2D eigenvalue weighted by Crippen LogP contribution is -2.50. The number of unbranched alkanes of at least 4 members (excludes halogenated alkanes) is 2. The number of hydrogen-bond acceptors (Lipinski definition) is 14. The fourth-order valence-electron chi connectivity index (χ4n) is 4.99. The molecule has 0 spiro atoms. The van der Waals surface area contributed by atoms with E-state index >= 15 is 0 Å². The van der Waals surface area contributed by atoms with Gasteiger partial charge in [0, 0.05) is 6.42 Å². The molecule has 54 heavy (non-hydrogen) atoms. The number of aromatic hydroxyl groups is 1. The van der Waals surface area contributed by atoms with Crippen molar-refractivity contribution in [2.45, 2.75) is 91.1 Å². The van der Waals surface area contributed by atoms with Crippen molar-refractivity contribution in [3.8, 4) is 5.75 Å². The number of nitrogens with one attached hydrogen (secondary N) is 2. The van der Waals surface area contributed by atoms with Crippen molar-refractivity contribution < 1.29 is 48.1 Å². The predicted octanol–water partition coefficient (Wildman–Crippen LogP) is 2.22. The second kappa shape index (κ2) is 21.9. The van der Waals surface area contributed by atoms with Crippen LogP contribution < -0.4 is 33.6 Å². The number of cyclic esters (lactones) is 2. The molecule has 0 radical (unpaired) electrons. The molecule has 11 N–H and O–H groups in total. The Morgan fingerprint density at radius 3 is 2.30 bits per heavy atom. The number of nitrogen functional groups attached to an aromatic ring is 2. The molecule has 2 aromatic rings. The number of nitrogens with two attached hydrogens (primary N) is 4. The molecule has 1 aliphatic rings. The zero-order valence-electron chi connectivity index (χ0n) is 30.4. The van der Waals surface area contributed by atoms with Crippen LogP contribution in [0.15, 0.2) is 23.2 Å². The van der Waals surface area contributed by atoms with Crippen molar-refractivity contribution in [1.29, 1.82) is 0 Å². The molecule has 1 fully saturated rings. The van der Waals surface area contributed by atoms with E-state index in [1.54, 1.807) is 0 Å². The molecular weight excluding hydrogens is 753 g/mol. The maximum atomic E-state index is 13.3. The number of benzene rings is 1. The molecule has 5 atom stereocenters. The zero-order valence-corrected chi connectivity index (χ0v) is 31.9. The van der Waals surface area contributed by atoms with Gasteiger partial charge in [-0.1, -0.05) is 57.7 Å². The highest BCUT2D eigenvalue weighted by atomic mass is 35.5. The molecule has 2 heterocycles. The summed E-state index contributed by atoms with van der Waals surface area (Å²) in [7, 11) is 0. The summed E-state index contributed by atoms with van der Waals surface area (Å²) in [4.78, 5) is 84.5. The van der Waals surface area contributed by atoms with Crippen LogP contribution in [0.5, 0.6) is 5.75 Å². The Morgan fingerprint density at radius 1 is 1.06 bits per heavy atom. The summed E-state index contributed by atoms with van der Waals surface area (Å²) in [5.74, 6) is -5.78. The van der Waals surface area contributed by atoms with E-state index in [4.69, 9.17) is 48.7 Å². The van der Waals surface area contributed by atoms with Crippen molar-refractivity contribution in [1.82, 2.24) is 15.3 Å². The molecule has 298 valence electrons. The van der Waals surface area contributed by atoms with Crippen molar-refractivity contribution >= 4 is 83.4 Å². The minimum absolute atomic E-state index is 0. The first kappa shape index (κ1) is 46.6. The fraction of sp³-hybridized carbons (Fsp3) is 0.485. The summed E-state index contributed by atoms with van der Waals surface area (Å²) in [5.41, 5.74) is 20.2. The van der Waals surface area contributed by atoms with E-state index in [0.29, 0.717) is 19.3 Å². The molecule has 1 saturated heterocycles. The van der Waals surface area contributed by atoms with Gasteiger partial charge in [0.15, 0.2) is 46.3 Å². The third kappa shape index (κ3) is 13.5. The van der Waals surface area contributed by atoms with Crippen LogP contribution in [0.4, 0.5) is 17.3 Å². The summed E-state index contributed by atoms with van der Waals surface area (Å²) in [5, 5.41) is 15.0. The van der Waals surface area contributed by atoms with Crippen LogP contribution in [0.1, 0.15) is 87.6 Å². The van der Waals surface area contributed by atoms with Crippen LogP contribution in [0.25, 0.3) is 0 Å². The number of carbonyl (C=O) groups excluding carboxylic acids is 6. The van der Waals surface area contributed by atoms with Gasteiger partial charge in [-0.3, -0.25) is 24.0 Å². The number of guanidine groups is 1. The van der Waals surface area contributed by atoms with Crippen LogP contribution in [-0.4, -0.2) is 81.5 Å². The Hall–Kier alpha value is -5.43. The fourth-order valence-corrected chi connectivity index (χ4v) is 5.12. The summed E-state index contributed by atoms with van der Waals surface area (Å²) in [6.07, 6.45) is 0.0639. The number of para-hydroxylation sites is 1. The number of phenolic OH excluding ortho intramolecular Hbond substituents is 1. The van der Waals surface area contributed by atoms with Gasteiger partial charge in [0.25, 0.3) is 5.91 Å². The lowest BCUT2D eigenvalue weighted by atomic mass is 9.92. The summed E-state index contributed by atoms with van der Waals surface area (Å²) < 4.78 is 16.9. The highest BCUT2D eigenvalue weighted by Gasteiger charge is 2.44. The molecule has 1 aromatic carbocycles. The molecule has 3 rings (SSSR count). The maximum absolute atomic E-state index is 13.3. The molecule has 19 nitrogen and oxygen atoms in total. The van der Waals surface area contributed by atoms with Gasteiger partial charge in [0.1, 0.15) is 12.2 Å². The van der Waals surface area contributed by atoms with E-state index in [1.165, 1.54) is 32.0 Å². The summed E-state index contributed by atoms with van der Waals surface area (Å²) in [6.45, 7) is 8.70. The number of halogens is 2. The normalized spacial score (nSPS) is 19.4. The third-order valence-corrected chi connectivity index (χ3v) is 7.85. The molecule has 3 amide bonds. The molecule has 5 unspecified atom stereocenters. The molecular formula is C33H47Cl2N9O10. The number of aliphatic imine (C=N–C) groups is 1. The van der Waals surface area contributed by atoms with E-state index in [0.717, 1.165) is 12.8 Å². The van der Waals surface area contributed by atoms with Crippen LogP contribution in [0, 0.1) is 11.8 Å². The molecule has 0 saturated carbocycles. The SMILES string of the molecule is CCCCCC1C(=O)OC(C)C(NC(=O)c2cccc(NC=O)c2O)C(=O)OC(C)C1OC(=O)CC(C)C.Cl.NC(N)=NC(=O)c1nc(Cl)c(N)nc1N. The van der Waals surface area contributed by atoms with Gasteiger partial charge in [0.05, 0.1) is 17.2 Å². The monoisotopic (exact) mass is 799 g/mol. The number of carbonyl (C=O) groups is 6. The minimum atomic E-state index is -1.42. The van der Waals surface area contributed by atoms with Crippen molar-refractivity contribution in [2.75, 3.05) is 16.8 Å². The smallest absolute Gasteiger partial charge is 0.332 e. The van der Waals surface area contributed by atoms with E-state index in [1.807, 2.05) is 20.8 Å². The highest BCUT2D eigenvalue weighted by Crippen LogP contribution is 2.29. The Labute approximate surface area is 322 Å². The topological polar surface area (TPSA) is 317 Å². The van der Waals surface area contributed by atoms with Crippen LogP contribution >= 0.6 is 24.0 Å². The molecule has 1 aromatic heterocycles. The number of hydrogen-bond donors (Lipinski definition) is 7. The lowest BCUT2D eigenvalue weighted by Gasteiger charge is -2.29. The number of ether oxygens (including phenoxy) is 3. The number of rotatable bonds is 12. The maximum Gasteiger partial charge on any atom is 0.332 e. The van der Waals surface area contributed by atoms with Crippen molar-refractivity contribution in [3.05, 3.63) is 34.6 Å². The van der Waals surface area contributed by atoms with Crippen molar-refractivity contribution in [2.24, 2.45) is 28.3 Å². The molecule has 21 heteroatoms. The Morgan fingerprint density at radius 2 is 1.70 bits per heavy atom. The predicted molar refractivity (Wildman–Crippen MR) is 200 cm³/mol. The number of anilines is 3. The Kier molecular flexibility index (Phi) is 18.9. The van der Waals surface area contributed by atoms with E-state index in [9.17, 15) is 33.9 Å². The quantitative estimate of drug-likeness (QED) is 0.0308. The van der Waals surface area contributed by atoms with Crippen LogP contribution in [0.2, 0.25) is 5.15 Å². The van der Waals surface area contributed by atoms with Crippen molar-refractivity contribution in [3.63, 3.8) is 0 Å². The first-order valence-electron chi connectivity index (χ1n) is 16.6. The van der Waals surface area contributed by atoms with Crippen LogP contribution in [-0.2, 0) is 33.4 Å². The first-order valence-corrected chi connectivity index (χ1v) is 16.9. The molecule has 0 bridgehead atoms. The van der Waals surface area contributed by atoms with Gasteiger partial charge in [-0.2, -0.15) is 4.99 Å². The average molecular weight is 801 g/mol. The number of amides is 3. The second-order valence-corrected chi connectivity index (χ2v) is 12.7. The van der Waals surface area contributed by atoms with Gasteiger partial charge in [-0.15, -0.1) is 12.4 Å².